The van der Waals surface area contributed by atoms with Crippen LogP contribution in [0.5, 0.6) is 0 Å². The molecule has 356 valence electrons. The van der Waals surface area contributed by atoms with E-state index in [1.807, 2.05) is 0 Å². The number of hydrogen-bond acceptors (Lipinski definition) is 5. The van der Waals surface area contributed by atoms with Crippen LogP contribution in [0.15, 0.2) is 85.1 Å². The highest BCUT2D eigenvalue weighted by Crippen LogP contribution is 2.17. The van der Waals surface area contributed by atoms with E-state index >= 15 is 0 Å². The van der Waals surface area contributed by atoms with Gasteiger partial charge in [0.2, 0.25) is 5.91 Å². The van der Waals surface area contributed by atoms with Gasteiger partial charge in [0.15, 0.2) is 0 Å². The molecule has 1 amide bonds. The molecule has 0 fully saturated rings. The molecular weight excluding hydrogens is 767 g/mol. The molecule has 0 spiro atoms. The number of aliphatic hydroxyl groups excluding tert-OH is 2. The van der Waals surface area contributed by atoms with Crippen LogP contribution in [-0.2, 0) is 14.3 Å². The van der Waals surface area contributed by atoms with Gasteiger partial charge in [-0.3, -0.25) is 9.59 Å². The minimum absolute atomic E-state index is 0.0307. The van der Waals surface area contributed by atoms with Crippen molar-refractivity contribution in [2.45, 2.75) is 251 Å². The van der Waals surface area contributed by atoms with Crippen LogP contribution >= 0.6 is 0 Å². The van der Waals surface area contributed by atoms with Crippen molar-refractivity contribution in [3.05, 3.63) is 85.1 Å². The number of rotatable bonds is 45. The van der Waals surface area contributed by atoms with E-state index in [4.69, 9.17) is 4.74 Å². The number of unbranched alkanes of at least 4 members (excludes halogenated alkanes) is 19. The Balaban J connectivity index is 4.69. The van der Waals surface area contributed by atoms with E-state index < -0.39 is 18.2 Å². The van der Waals surface area contributed by atoms with Crippen molar-refractivity contribution in [2.24, 2.45) is 0 Å². The molecule has 3 N–H and O–H groups in total. The monoisotopic (exact) mass is 864 g/mol. The zero-order chi connectivity index (χ0) is 45.2. The van der Waals surface area contributed by atoms with Crippen LogP contribution in [0, 0.1) is 0 Å². The molecule has 3 unspecified atom stereocenters. The van der Waals surface area contributed by atoms with Crippen molar-refractivity contribution in [3.8, 4) is 0 Å². The van der Waals surface area contributed by atoms with Crippen molar-refractivity contribution in [1.29, 1.82) is 0 Å². The fraction of sp³-hybridized carbons (Fsp3) is 0.714. The Hall–Kier alpha value is -2.96. The second-order valence-electron chi connectivity index (χ2n) is 17.2. The number of amides is 1. The molecule has 0 aliphatic carbocycles. The molecule has 6 nitrogen and oxygen atoms in total. The number of allylic oxidation sites excluding steroid dienone is 14. The quantitative estimate of drug-likeness (QED) is 0.0322. The third kappa shape index (κ3) is 43.7. The molecule has 0 heterocycles. The average molecular weight is 864 g/mol. The topological polar surface area (TPSA) is 95.9 Å². The normalized spacial score (nSPS) is 14.0. The van der Waals surface area contributed by atoms with Gasteiger partial charge < -0.3 is 20.3 Å². The van der Waals surface area contributed by atoms with E-state index in [1.165, 1.54) is 83.5 Å². The molecule has 0 aliphatic heterocycles. The molecule has 0 aromatic heterocycles. The molecule has 0 rings (SSSR count). The molecule has 3 atom stereocenters. The summed E-state index contributed by atoms with van der Waals surface area (Å²) in [4.78, 5) is 26.1. The summed E-state index contributed by atoms with van der Waals surface area (Å²) in [6, 6.07) is -0.725. The maximum Gasteiger partial charge on any atom is 0.306 e. The van der Waals surface area contributed by atoms with Crippen LogP contribution in [-0.4, -0.2) is 46.9 Å². The summed E-state index contributed by atoms with van der Waals surface area (Å²) in [6.45, 7) is 6.24. The van der Waals surface area contributed by atoms with E-state index in [-0.39, 0.29) is 24.9 Å². The van der Waals surface area contributed by atoms with Crippen molar-refractivity contribution in [1.82, 2.24) is 5.32 Å². The summed E-state index contributed by atoms with van der Waals surface area (Å²) in [5, 5.41) is 23.8. The fourth-order valence-corrected chi connectivity index (χ4v) is 7.38. The smallest absolute Gasteiger partial charge is 0.306 e. The van der Waals surface area contributed by atoms with Crippen LogP contribution in [0.2, 0.25) is 0 Å². The van der Waals surface area contributed by atoms with Gasteiger partial charge in [0.05, 0.1) is 25.2 Å². The minimum atomic E-state index is -0.808. The highest BCUT2D eigenvalue weighted by Gasteiger charge is 2.24. The molecule has 62 heavy (non-hydrogen) atoms. The number of carbonyl (C=O) groups excluding carboxylic acids is 2. The van der Waals surface area contributed by atoms with Crippen LogP contribution in [0.3, 0.4) is 0 Å². The second-order valence-corrected chi connectivity index (χ2v) is 17.2. The Bertz CT molecular complexity index is 1200. The fourth-order valence-electron chi connectivity index (χ4n) is 7.38. The summed E-state index contributed by atoms with van der Waals surface area (Å²) in [6.07, 6.45) is 63.6. The van der Waals surface area contributed by atoms with E-state index in [0.717, 1.165) is 103 Å². The van der Waals surface area contributed by atoms with Crippen molar-refractivity contribution in [2.75, 3.05) is 6.61 Å². The zero-order valence-electron chi connectivity index (χ0n) is 40.5. The van der Waals surface area contributed by atoms with E-state index in [1.54, 1.807) is 0 Å². The maximum absolute atomic E-state index is 13.2. The number of hydrogen-bond donors (Lipinski definition) is 3. The third-order valence-electron chi connectivity index (χ3n) is 11.2. The first-order valence-corrected chi connectivity index (χ1v) is 25.8. The number of esters is 1. The summed E-state index contributed by atoms with van der Waals surface area (Å²) in [7, 11) is 0. The number of ether oxygens (including phenoxy) is 1. The Kier molecular flexibility index (Phi) is 46.7. The summed E-state index contributed by atoms with van der Waals surface area (Å²) in [5.74, 6) is -0.547. The second kappa shape index (κ2) is 49.1. The summed E-state index contributed by atoms with van der Waals surface area (Å²) in [5.41, 5.74) is 0. The lowest BCUT2D eigenvalue weighted by molar-refractivity contribution is -0.151. The third-order valence-corrected chi connectivity index (χ3v) is 11.2. The Morgan fingerprint density at radius 2 is 0.887 bits per heavy atom. The lowest BCUT2D eigenvalue weighted by Crippen LogP contribution is -2.46. The van der Waals surface area contributed by atoms with Gasteiger partial charge in [0, 0.05) is 6.42 Å². The highest BCUT2D eigenvalue weighted by molar-refractivity contribution is 5.77. The lowest BCUT2D eigenvalue weighted by Gasteiger charge is -2.24. The number of nitrogens with one attached hydrogen (secondary N) is 1. The summed E-state index contributed by atoms with van der Waals surface area (Å²) < 4.78 is 5.90. The van der Waals surface area contributed by atoms with Gasteiger partial charge in [-0.2, -0.15) is 0 Å². The predicted octanol–water partition coefficient (Wildman–Crippen LogP) is 15.6. The van der Waals surface area contributed by atoms with Gasteiger partial charge in [-0.25, -0.2) is 0 Å². The lowest BCUT2D eigenvalue weighted by atomic mass is 10.0. The number of carbonyl (C=O) groups is 2. The van der Waals surface area contributed by atoms with Crippen molar-refractivity contribution < 1.29 is 24.5 Å². The van der Waals surface area contributed by atoms with E-state index in [2.05, 4.69) is 111 Å². The largest absolute Gasteiger partial charge is 0.462 e. The molecule has 0 aromatic rings. The van der Waals surface area contributed by atoms with E-state index in [9.17, 15) is 19.8 Å². The van der Waals surface area contributed by atoms with E-state index in [0.29, 0.717) is 19.3 Å². The van der Waals surface area contributed by atoms with Crippen molar-refractivity contribution in [3.63, 3.8) is 0 Å². The van der Waals surface area contributed by atoms with Gasteiger partial charge in [0.1, 0.15) is 6.10 Å². The van der Waals surface area contributed by atoms with Gasteiger partial charge >= 0.3 is 5.97 Å². The van der Waals surface area contributed by atoms with Crippen LogP contribution in [0.25, 0.3) is 0 Å². The predicted molar refractivity (Wildman–Crippen MR) is 268 cm³/mol. The molecule has 0 saturated carbocycles. The first kappa shape index (κ1) is 59.0. The standard InChI is InChI=1S/C56H97NO5/c1-4-7-10-13-16-19-22-25-27-28-31-34-37-40-43-46-49-56(61)62-52(47-44-41-38-35-32-30-26-23-20-17-14-11-8-5-2)50-55(60)57-53(51-58)54(59)48-45-42-39-36-33-29-24-21-18-15-12-9-6-3/h7-8,10-11,16-17,19-20,25-27,30,35,38,52-54,58-59H,4-6,9,12-15,18,21-24,28-29,31-34,36-37,39-51H2,1-3H3,(H,57,60)/b10-7+,11-8+,19-16+,20-17+,27-25+,30-26+,38-35+. The van der Waals surface area contributed by atoms with Gasteiger partial charge in [0.25, 0.3) is 0 Å². The van der Waals surface area contributed by atoms with Crippen LogP contribution in [0.4, 0.5) is 0 Å². The Morgan fingerprint density at radius 1 is 0.484 bits per heavy atom. The van der Waals surface area contributed by atoms with Crippen molar-refractivity contribution >= 4 is 11.9 Å². The molecule has 6 heteroatoms. The molecular formula is C56H97NO5. The molecule has 0 radical (unpaired) electrons. The SMILES string of the molecule is CC/C=C/C/C=C/C/C=C/C/C=C/CCCC(CC(=O)NC(CO)C(O)CCCCCCCCCCCCCCC)OC(=O)CCCCCCCC/C=C/C/C=C/C/C=C/CC. The highest BCUT2D eigenvalue weighted by atomic mass is 16.5. The molecule has 0 aliphatic rings. The Labute approximate surface area is 383 Å². The molecule has 0 aromatic carbocycles. The average Bonchev–Trinajstić information content (AvgIpc) is 3.26. The zero-order valence-corrected chi connectivity index (χ0v) is 40.5. The summed E-state index contributed by atoms with van der Waals surface area (Å²) >= 11 is 0. The van der Waals surface area contributed by atoms with Gasteiger partial charge in [-0.05, 0) is 89.9 Å². The number of aliphatic hydroxyl groups is 2. The van der Waals surface area contributed by atoms with Crippen LogP contribution < -0.4 is 5.32 Å². The van der Waals surface area contributed by atoms with Crippen LogP contribution in [0.1, 0.15) is 233 Å². The molecule has 0 saturated heterocycles. The van der Waals surface area contributed by atoms with Gasteiger partial charge in [-0.1, -0.05) is 215 Å². The Morgan fingerprint density at radius 3 is 1.35 bits per heavy atom. The first-order valence-electron chi connectivity index (χ1n) is 25.8. The first-order chi connectivity index (χ1) is 30.5. The minimum Gasteiger partial charge on any atom is -0.462 e. The molecule has 0 bridgehead atoms. The maximum atomic E-state index is 13.2. The van der Waals surface area contributed by atoms with Gasteiger partial charge in [-0.15, -0.1) is 0 Å².